The highest BCUT2D eigenvalue weighted by Crippen LogP contribution is 2.49. The third-order valence-corrected chi connectivity index (χ3v) is 9.38. The van der Waals surface area contributed by atoms with E-state index in [9.17, 15) is 9.00 Å². The molecule has 2 aliphatic rings. The van der Waals surface area contributed by atoms with Crippen LogP contribution in [0.15, 0.2) is 18.7 Å². The van der Waals surface area contributed by atoms with Crippen LogP contribution in [0.5, 0.6) is 5.75 Å². The Morgan fingerprint density at radius 3 is 2.50 bits per heavy atom. The van der Waals surface area contributed by atoms with Crippen LogP contribution in [0.2, 0.25) is 15.1 Å². The van der Waals surface area contributed by atoms with E-state index in [-0.39, 0.29) is 41.0 Å². The Morgan fingerprint density at radius 1 is 1.33 bits per heavy atom. The zero-order valence-corrected chi connectivity index (χ0v) is 24.2. The van der Waals surface area contributed by atoms with Crippen molar-refractivity contribution in [2.24, 2.45) is 11.1 Å². The highest BCUT2D eigenvalue weighted by atomic mass is 35.5. The van der Waals surface area contributed by atoms with Gasteiger partial charge < -0.3 is 19.1 Å². The van der Waals surface area contributed by atoms with E-state index in [1.165, 1.54) is 0 Å². The SMILES string of the molecule is C=CCOc1cc(Cl)c(Cl)c(Cl)c1[C@H](CC(C)(C)S(N)=O)C1CCN(C(=O)[C@H]2COC(C)(C)O2)CC1. The van der Waals surface area contributed by atoms with E-state index in [4.69, 9.17) is 54.2 Å². The van der Waals surface area contributed by atoms with Crippen LogP contribution in [0.25, 0.3) is 0 Å². The van der Waals surface area contributed by atoms with Crippen molar-refractivity contribution < 1.29 is 23.2 Å². The normalized spacial score (nSPS) is 22.3. The number of nitrogens with zero attached hydrogens (tertiary/aromatic N) is 1. The highest BCUT2D eigenvalue weighted by Gasteiger charge is 2.42. The van der Waals surface area contributed by atoms with E-state index < -0.39 is 27.6 Å². The Labute approximate surface area is 231 Å². The average Bonchev–Trinajstić information content (AvgIpc) is 3.19. The van der Waals surface area contributed by atoms with Gasteiger partial charge in [0.05, 0.1) is 37.4 Å². The molecule has 11 heteroatoms. The number of benzene rings is 1. The molecule has 202 valence electrons. The van der Waals surface area contributed by atoms with Gasteiger partial charge in [-0.1, -0.05) is 47.5 Å². The number of piperidine rings is 1. The lowest BCUT2D eigenvalue weighted by Gasteiger charge is -2.40. The van der Waals surface area contributed by atoms with Crippen LogP contribution in [0.1, 0.15) is 58.4 Å². The summed E-state index contributed by atoms with van der Waals surface area (Å²) in [5.41, 5.74) is 0.713. The molecule has 0 spiro atoms. The van der Waals surface area contributed by atoms with Gasteiger partial charge in [-0.15, -0.1) is 0 Å². The maximum atomic E-state index is 13.0. The molecule has 3 atom stereocenters. The van der Waals surface area contributed by atoms with Gasteiger partial charge in [0.1, 0.15) is 12.4 Å². The van der Waals surface area contributed by atoms with Gasteiger partial charge in [-0.2, -0.15) is 0 Å². The number of carbonyl (C=O) groups is 1. The molecule has 36 heavy (non-hydrogen) atoms. The molecule has 0 radical (unpaired) electrons. The fraction of sp³-hybridized carbons (Fsp3) is 0.640. The summed E-state index contributed by atoms with van der Waals surface area (Å²) in [5.74, 6) is -0.400. The third-order valence-electron chi connectivity index (χ3n) is 6.85. The average molecular weight is 582 g/mol. The van der Waals surface area contributed by atoms with Gasteiger partial charge in [0, 0.05) is 24.7 Å². The number of hydrogen-bond donors (Lipinski definition) is 1. The number of carbonyl (C=O) groups excluding carboxylic acids is 1. The first-order valence-corrected chi connectivity index (χ1v) is 14.3. The minimum Gasteiger partial charge on any atom is -0.489 e. The van der Waals surface area contributed by atoms with Crippen molar-refractivity contribution in [1.29, 1.82) is 0 Å². The number of rotatable bonds is 9. The van der Waals surface area contributed by atoms with E-state index in [1.807, 2.05) is 18.7 Å². The summed E-state index contributed by atoms with van der Waals surface area (Å²) in [6.45, 7) is 12.6. The van der Waals surface area contributed by atoms with Crippen molar-refractivity contribution in [3.63, 3.8) is 0 Å². The lowest BCUT2D eigenvalue weighted by Crippen LogP contribution is -2.46. The van der Waals surface area contributed by atoms with Crippen LogP contribution in [0.3, 0.4) is 0 Å². The van der Waals surface area contributed by atoms with Crippen LogP contribution >= 0.6 is 34.8 Å². The van der Waals surface area contributed by atoms with Crippen LogP contribution in [-0.4, -0.2) is 58.0 Å². The standard InChI is InChI=1S/C25H35Cl3N2O5S/c1-6-11-33-18-12-17(26)21(27)22(28)20(18)16(13-24(2,3)36(29)32)15-7-9-30(10-8-15)23(31)19-14-34-25(4,5)35-19/h6,12,15-16,19H,1,7-11,13-14,29H2,2-5H3/t16-,19-,36?/m1/s1. The minimum absolute atomic E-state index is 0.0680. The number of amides is 1. The monoisotopic (exact) mass is 580 g/mol. The number of hydrogen-bond acceptors (Lipinski definition) is 5. The molecule has 0 saturated carbocycles. The van der Waals surface area contributed by atoms with Gasteiger partial charge in [-0.05, 0) is 58.8 Å². The topological polar surface area (TPSA) is 91.1 Å². The van der Waals surface area contributed by atoms with E-state index in [2.05, 4.69) is 6.58 Å². The summed E-state index contributed by atoms with van der Waals surface area (Å²) >= 11 is 19.6. The van der Waals surface area contributed by atoms with Crippen molar-refractivity contribution in [3.8, 4) is 5.75 Å². The molecule has 2 N–H and O–H groups in total. The minimum atomic E-state index is -1.58. The summed E-state index contributed by atoms with van der Waals surface area (Å²) in [6, 6.07) is 1.66. The lowest BCUT2D eigenvalue weighted by atomic mass is 9.75. The van der Waals surface area contributed by atoms with Gasteiger partial charge in [-0.3, -0.25) is 9.93 Å². The molecule has 2 fully saturated rings. The first-order valence-electron chi connectivity index (χ1n) is 12.0. The van der Waals surface area contributed by atoms with E-state index in [0.717, 1.165) is 0 Å². The number of halogens is 3. The fourth-order valence-electron chi connectivity index (χ4n) is 4.85. The van der Waals surface area contributed by atoms with Gasteiger partial charge in [-0.25, -0.2) is 4.21 Å². The van der Waals surface area contributed by atoms with Gasteiger partial charge in [0.25, 0.3) is 5.91 Å². The molecule has 1 amide bonds. The Balaban J connectivity index is 1.90. The molecule has 0 aromatic heterocycles. The largest absolute Gasteiger partial charge is 0.489 e. The Bertz CT molecular complexity index is 1010. The molecule has 1 aromatic rings. The number of likely N-dealkylation sites (tertiary alicyclic amines) is 1. The predicted octanol–water partition coefficient (Wildman–Crippen LogP) is 5.48. The van der Waals surface area contributed by atoms with Crippen LogP contribution in [-0.2, 0) is 25.3 Å². The Hall–Kier alpha value is -0.870. The Kier molecular flexibility index (Phi) is 9.80. The first-order chi connectivity index (χ1) is 16.8. The smallest absolute Gasteiger partial charge is 0.254 e. The van der Waals surface area contributed by atoms with E-state index in [1.54, 1.807) is 26.0 Å². The maximum Gasteiger partial charge on any atom is 0.254 e. The highest BCUT2D eigenvalue weighted by molar-refractivity contribution is 7.84. The number of nitrogens with two attached hydrogens (primary N) is 1. The molecule has 2 saturated heterocycles. The van der Waals surface area contributed by atoms with Gasteiger partial charge in [0.15, 0.2) is 11.9 Å². The molecule has 0 bridgehead atoms. The molecule has 0 aliphatic carbocycles. The van der Waals surface area contributed by atoms with Crippen molar-refractivity contribution in [2.45, 2.75) is 69.5 Å². The second-order valence-corrected chi connectivity index (χ2v) is 13.2. The van der Waals surface area contributed by atoms with E-state index >= 15 is 0 Å². The van der Waals surface area contributed by atoms with Crippen LogP contribution in [0, 0.1) is 5.92 Å². The molecule has 1 unspecified atom stereocenters. The molecular weight excluding hydrogens is 547 g/mol. The predicted molar refractivity (Wildman–Crippen MR) is 145 cm³/mol. The molecule has 2 heterocycles. The van der Waals surface area contributed by atoms with Crippen LogP contribution < -0.4 is 9.88 Å². The van der Waals surface area contributed by atoms with Crippen molar-refractivity contribution in [2.75, 3.05) is 26.3 Å². The zero-order valence-electron chi connectivity index (χ0n) is 21.2. The second-order valence-electron chi connectivity index (χ2n) is 10.3. The van der Waals surface area contributed by atoms with Gasteiger partial charge in [0.2, 0.25) is 0 Å². The molecule has 2 aliphatic heterocycles. The zero-order chi connectivity index (χ0) is 26.8. The molecular formula is C25H35Cl3N2O5S. The summed E-state index contributed by atoms with van der Waals surface area (Å²) < 4.78 is 29.0. The summed E-state index contributed by atoms with van der Waals surface area (Å²) in [6.07, 6.45) is 2.92. The molecule has 3 rings (SSSR count). The van der Waals surface area contributed by atoms with Gasteiger partial charge >= 0.3 is 0 Å². The maximum absolute atomic E-state index is 13.0. The van der Waals surface area contributed by atoms with Crippen LogP contribution in [0.4, 0.5) is 0 Å². The third kappa shape index (κ3) is 6.76. The molecule has 1 aromatic carbocycles. The van der Waals surface area contributed by atoms with Crippen molar-refractivity contribution >= 4 is 51.7 Å². The van der Waals surface area contributed by atoms with E-state index in [0.29, 0.717) is 48.7 Å². The lowest BCUT2D eigenvalue weighted by molar-refractivity contribution is -0.161. The quantitative estimate of drug-likeness (QED) is 0.308. The molecule has 7 nitrogen and oxygen atoms in total. The summed E-state index contributed by atoms with van der Waals surface area (Å²) in [4.78, 5) is 14.9. The van der Waals surface area contributed by atoms with Crippen molar-refractivity contribution in [1.82, 2.24) is 4.90 Å². The Morgan fingerprint density at radius 2 is 1.97 bits per heavy atom. The second kappa shape index (κ2) is 11.9. The van der Waals surface area contributed by atoms with Crippen molar-refractivity contribution in [3.05, 3.63) is 39.4 Å². The summed E-state index contributed by atoms with van der Waals surface area (Å²) in [5, 5.41) is 6.69. The number of ether oxygens (including phenoxy) is 3. The first kappa shape index (κ1) is 29.7. The fourth-order valence-corrected chi connectivity index (χ4v) is 5.93. The summed E-state index contributed by atoms with van der Waals surface area (Å²) in [7, 11) is -1.58.